The standard InChI is InChI=1S/C24H38N6O3/c1-14-9-16(11-28(14)17-7-8-17)25-22(32)20-10-18(31)12-29(20)23(33)21(24(2,3)4)30-13-19(26-27-30)15-5-6-15/h13-18,20-21,31H,5-12H2,1-4H3,(H,25,32)/t14?,16?,18-,20+,21-/m1/s1. The Labute approximate surface area is 195 Å². The van der Waals surface area contributed by atoms with Crippen LogP contribution in [0.3, 0.4) is 0 Å². The summed E-state index contributed by atoms with van der Waals surface area (Å²) in [4.78, 5) is 31.2. The van der Waals surface area contributed by atoms with Crippen molar-refractivity contribution in [1.82, 2.24) is 30.1 Å². The van der Waals surface area contributed by atoms with Crippen LogP contribution in [-0.2, 0) is 9.59 Å². The van der Waals surface area contributed by atoms with E-state index in [0.29, 0.717) is 18.0 Å². The summed E-state index contributed by atoms with van der Waals surface area (Å²) < 4.78 is 1.67. The van der Waals surface area contributed by atoms with Crippen LogP contribution >= 0.6 is 0 Å². The Bertz CT molecular complexity index is 902. The summed E-state index contributed by atoms with van der Waals surface area (Å²) in [6.45, 7) is 9.27. The van der Waals surface area contributed by atoms with Crippen LogP contribution in [0.4, 0.5) is 0 Å². The van der Waals surface area contributed by atoms with Crippen molar-refractivity contribution >= 4 is 11.8 Å². The summed E-state index contributed by atoms with van der Waals surface area (Å²) in [5.74, 6) is 0.121. The number of nitrogens with one attached hydrogen (secondary N) is 1. The maximum absolute atomic E-state index is 13.8. The van der Waals surface area contributed by atoms with Gasteiger partial charge in [0, 0.05) is 49.8 Å². The van der Waals surface area contributed by atoms with Gasteiger partial charge in [-0.1, -0.05) is 26.0 Å². The van der Waals surface area contributed by atoms with Gasteiger partial charge in [0.15, 0.2) is 0 Å². The number of aliphatic hydroxyl groups excluding tert-OH is 1. The molecular formula is C24H38N6O3. The van der Waals surface area contributed by atoms with Crippen LogP contribution in [-0.4, -0.2) is 85.1 Å². The molecule has 2 unspecified atom stereocenters. The lowest BCUT2D eigenvalue weighted by Gasteiger charge is -2.34. The van der Waals surface area contributed by atoms with Crippen molar-refractivity contribution in [2.24, 2.45) is 5.41 Å². The van der Waals surface area contributed by atoms with Crippen molar-refractivity contribution < 1.29 is 14.7 Å². The van der Waals surface area contributed by atoms with E-state index in [0.717, 1.165) is 31.5 Å². The second kappa shape index (κ2) is 8.34. The summed E-state index contributed by atoms with van der Waals surface area (Å²) in [7, 11) is 0. The molecule has 1 aromatic rings. The molecule has 5 rings (SSSR count). The summed E-state index contributed by atoms with van der Waals surface area (Å²) in [6.07, 6.45) is 7.12. The van der Waals surface area contributed by atoms with Crippen molar-refractivity contribution in [3.63, 3.8) is 0 Å². The normalized spacial score (nSPS) is 31.7. The topological polar surface area (TPSA) is 104 Å². The van der Waals surface area contributed by atoms with E-state index in [2.05, 4.69) is 27.5 Å². The highest BCUT2D eigenvalue weighted by Gasteiger charge is 2.46. The largest absolute Gasteiger partial charge is 0.391 e. The predicted molar refractivity (Wildman–Crippen MR) is 122 cm³/mol. The second-order valence-corrected chi connectivity index (χ2v) is 11.8. The van der Waals surface area contributed by atoms with Crippen molar-refractivity contribution in [3.05, 3.63) is 11.9 Å². The lowest BCUT2D eigenvalue weighted by molar-refractivity contribution is -0.144. The zero-order valence-electron chi connectivity index (χ0n) is 20.3. The third-order valence-electron chi connectivity index (χ3n) is 7.69. The fourth-order valence-electron chi connectivity index (χ4n) is 5.70. The first-order valence-electron chi connectivity index (χ1n) is 12.6. The number of carbonyl (C=O) groups excluding carboxylic acids is 2. The maximum Gasteiger partial charge on any atom is 0.248 e. The number of hydrogen-bond donors (Lipinski definition) is 2. The highest BCUT2D eigenvalue weighted by atomic mass is 16.3. The van der Waals surface area contributed by atoms with E-state index >= 15 is 0 Å². The van der Waals surface area contributed by atoms with E-state index in [1.807, 2.05) is 27.0 Å². The lowest BCUT2D eigenvalue weighted by Crippen LogP contribution is -2.52. The summed E-state index contributed by atoms with van der Waals surface area (Å²) >= 11 is 0. The summed E-state index contributed by atoms with van der Waals surface area (Å²) in [5, 5.41) is 22.2. The van der Waals surface area contributed by atoms with Gasteiger partial charge in [-0.3, -0.25) is 14.5 Å². The van der Waals surface area contributed by atoms with E-state index in [1.54, 1.807) is 9.58 Å². The minimum Gasteiger partial charge on any atom is -0.391 e. The molecule has 9 nitrogen and oxygen atoms in total. The average molecular weight is 459 g/mol. The van der Waals surface area contributed by atoms with Crippen LogP contribution in [0.25, 0.3) is 0 Å². The Morgan fingerprint density at radius 2 is 1.88 bits per heavy atom. The Balaban J connectivity index is 1.31. The first kappa shape index (κ1) is 22.8. The maximum atomic E-state index is 13.8. The van der Waals surface area contributed by atoms with Gasteiger partial charge in [0.05, 0.1) is 11.8 Å². The number of likely N-dealkylation sites (tertiary alicyclic amines) is 2. The molecule has 2 saturated carbocycles. The Morgan fingerprint density at radius 3 is 2.52 bits per heavy atom. The number of aromatic nitrogens is 3. The van der Waals surface area contributed by atoms with E-state index in [9.17, 15) is 14.7 Å². The molecule has 0 spiro atoms. The predicted octanol–water partition coefficient (Wildman–Crippen LogP) is 1.45. The van der Waals surface area contributed by atoms with Gasteiger partial charge in [0.1, 0.15) is 12.1 Å². The molecular weight excluding hydrogens is 420 g/mol. The number of amides is 2. The number of hydrogen-bond acceptors (Lipinski definition) is 6. The zero-order chi connectivity index (χ0) is 23.5. The van der Waals surface area contributed by atoms with Gasteiger partial charge in [-0.05, 0) is 44.4 Å². The molecule has 2 N–H and O–H groups in total. The third-order valence-corrected chi connectivity index (χ3v) is 7.69. The van der Waals surface area contributed by atoms with Crippen molar-refractivity contribution in [1.29, 1.82) is 0 Å². The van der Waals surface area contributed by atoms with E-state index in [-0.39, 0.29) is 30.8 Å². The van der Waals surface area contributed by atoms with Crippen LogP contribution in [0, 0.1) is 5.41 Å². The third kappa shape index (κ3) is 4.67. The van der Waals surface area contributed by atoms with Crippen LogP contribution in [0.5, 0.6) is 0 Å². The van der Waals surface area contributed by atoms with Crippen LogP contribution in [0.1, 0.15) is 83.9 Å². The van der Waals surface area contributed by atoms with Gasteiger partial charge in [-0.25, -0.2) is 4.68 Å². The molecule has 3 heterocycles. The van der Waals surface area contributed by atoms with Gasteiger partial charge in [0.25, 0.3) is 0 Å². The molecule has 33 heavy (non-hydrogen) atoms. The van der Waals surface area contributed by atoms with Gasteiger partial charge in [-0.2, -0.15) is 0 Å². The van der Waals surface area contributed by atoms with E-state index in [4.69, 9.17) is 0 Å². The fraction of sp³-hybridized carbons (Fsp3) is 0.833. The van der Waals surface area contributed by atoms with Crippen LogP contribution in [0.15, 0.2) is 6.20 Å². The molecule has 2 aliphatic heterocycles. The molecule has 4 fully saturated rings. The fourth-order valence-corrected chi connectivity index (χ4v) is 5.70. The average Bonchev–Trinajstić information content (AvgIpc) is 3.64. The number of aliphatic hydroxyl groups is 1. The van der Waals surface area contributed by atoms with Crippen LogP contribution in [0.2, 0.25) is 0 Å². The number of β-amino-alcohol motifs (C(OH)–C–C–N with tert-alkyl or cyclic N) is 1. The minimum absolute atomic E-state index is 0.0950. The molecule has 9 heteroatoms. The molecule has 0 aromatic carbocycles. The molecule has 182 valence electrons. The van der Waals surface area contributed by atoms with Gasteiger partial charge >= 0.3 is 0 Å². The Kier molecular flexibility index (Phi) is 5.76. The van der Waals surface area contributed by atoms with Crippen LogP contribution < -0.4 is 5.32 Å². The number of nitrogens with zero attached hydrogens (tertiary/aromatic N) is 5. The summed E-state index contributed by atoms with van der Waals surface area (Å²) in [6, 6.07) is -0.0152. The van der Waals surface area contributed by atoms with Crippen molar-refractivity contribution in [2.75, 3.05) is 13.1 Å². The summed E-state index contributed by atoms with van der Waals surface area (Å²) in [5.41, 5.74) is 0.509. The quantitative estimate of drug-likeness (QED) is 0.669. The molecule has 5 atom stereocenters. The molecule has 1 aromatic heterocycles. The molecule has 2 amide bonds. The molecule has 0 bridgehead atoms. The smallest absolute Gasteiger partial charge is 0.248 e. The zero-order valence-corrected chi connectivity index (χ0v) is 20.3. The Hall–Kier alpha value is -2.00. The monoisotopic (exact) mass is 458 g/mol. The van der Waals surface area contributed by atoms with Crippen molar-refractivity contribution in [3.8, 4) is 0 Å². The van der Waals surface area contributed by atoms with Crippen molar-refractivity contribution in [2.45, 2.75) is 108 Å². The van der Waals surface area contributed by atoms with E-state index in [1.165, 1.54) is 12.8 Å². The molecule has 4 aliphatic rings. The van der Waals surface area contributed by atoms with E-state index < -0.39 is 23.6 Å². The first-order valence-corrected chi connectivity index (χ1v) is 12.6. The van der Waals surface area contributed by atoms with Gasteiger partial charge in [-0.15, -0.1) is 5.10 Å². The highest BCUT2D eigenvalue weighted by molar-refractivity contribution is 5.90. The number of carbonyl (C=O) groups is 2. The molecule has 2 saturated heterocycles. The first-order chi connectivity index (χ1) is 15.6. The second-order valence-electron chi connectivity index (χ2n) is 11.8. The Morgan fingerprint density at radius 1 is 1.15 bits per heavy atom. The lowest BCUT2D eigenvalue weighted by atomic mass is 9.85. The SMILES string of the molecule is CC1CC(NC(=O)[C@@H]2C[C@@H](O)CN2C(=O)[C@@H](n2cc(C3CC3)nn2)C(C)(C)C)CN1C1CC1. The molecule has 0 radical (unpaired) electrons. The number of rotatable bonds is 6. The van der Waals surface area contributed by atoms with Gasteiger partial charge in [0.2, 0.25) is 11.8 Å². The highest BCUT2D eigenvalue weighted by Crippen LogP contribution is 2.40. The minimum atomic E-state index is -0.700. The molecule has 2 aliphatic carbocycles. The van der Waals surface area contributed by atoms with Gasteiger partial charge < -0.3 is 15.3 Å².